The minimum absolute atomic E-state index is 0.159. The minimum Gasteiger partial charge on any atom is -0.338 e. The van der Waals surface area contributed by atoms with Crippen molar-refractivity contribution in [1.82, 2.24) is 10.1 Å². The van der Waals surface area contributed by atoms with Crippen LogP contribution in [0.1, 0.15) is 30.7 Å². The van der Waals surface area contributed by atoms with Crippen molar-refractivity contribution in [2.24, 2.45) is 5.73 Å². The van der Waals surface area contributed by atoms with Crippen LogP contribution < -0.4 is 5.73 Å². The van der Waals surface area contributed by atoms with Gasteiger partial charge >= 0.3 is 0 Å². The van der Waals surface area contributed by atoms with Gasteiger partial charge in [0.2, 0.25) is 11.7 Å². The number of halogens is 1. The van der Waals surface area contributed by atoms with E-state index in [1.165, 1.54) is 12.1 Å². The Morgan fingerprint density at radius 1 is 1.37 bits per heavy atom. The zero-order valence-corrected chi connectivity index (χ0v) is 10.8. The molecule has 19 heavy (non-hydrogen) atoms. The van der Waals surface area contributed by atoms with Crippen molar-refractivity contribution in [3.63, 3.8) is 0 Å². The maximum Gasteiger partial charge on any atom is 0.234 e. The van der Waals surface area contributed by atoms with Crippen molar-refractivity contribution in [3.8, 4) is 11.4 Å². The molecule has 3 rings (SSSR count). The fraction of sp³-hybridized carbons (Fsp3) is 0.429. The molecule has 0 saturated heterocycles. The highest BCUT2D eigenvalue weighted by Gasteiger charge is 2.42. The highest BCUT2D eigenvalue weighted by molar-refractivity contribution is 5.55. The molecule has 0 bridgehead atoms. The van der Waals surface area contributed by atoms with Crippen molar-refractivity contribution in [3.05, 3.63) is 35.5 Å². The van der Waals surface area contributed by atoms with E-state index in [4.69, 9.17) is 10.3 Å². The molecule has 4 nitrogen and oxygen atoms in total. The van der Waals surface area contributed by atoms with Crippen LogP contribution in [0.5, 0.6) is 0 Å². The maximum absolute atomic E-state index is 13.4. The zero-order valence-electron chi connectivity index (χ0n) is 10.8. The van der Waals surface area contributed by atoms with Crippen LogP contribution in [0.2, 0.25) is 0 Å². The molecule has 5 heteroatoms. The van der Waals surface area contributed by atoms with Crippen molar-refractivity contribution in [2.75, 3.05) is 6.54 Å². The number of aromatic nitrogens is 2. The maximum atomic E-state index is 13.4. The highest BCUT2D eigenvalue weighted by Crippen LogP contribution is 2.42. The molecule has 0 unspecified atom stereocenters. The summed E-state index contributed by atoms with van der Waals surface area (Å²) in [6.45, 7) is 2.34. The quantitative estimate of drug-likeness (QED) is 0.922. The van der Waals surface area contributed by atoms with Crippen LogP contribution in [0.25, 0.3) is 11.4 Å². The second-order valence-electron chi connectivity index (χ2n) is 5.28. The molecule has 100 valence electrons. The molecule has 0 spiro atoms. The van der Waals surface area contributed by atoms with Crippen molar-refractivity contribution < 1.29 is 8.91 Å². The van der Waals surface area contributed by atoms with E-state index >= 15 is 0 Å². The van der Waals surface area contributed by atoms with Crippen LogP contribution in [0.3, 0.4) is 0 Å². The van der Waals surface area contributed by atoms with Crippen LogP contribution in [0, 0.1) is 12.7 Å². The predicted octanol–water partition coefficient (Wildman–Crippen LogP) is 2.56. The third-order valence-corrected chi connectivity index (χ3v) is 3.88. The van der Waals surface area contributed by atoms with Gasteiger partial charge in [-0.2, -0.15) is 4.98 Å². The molecule has 1 aliphatic rings. The number of hydrogen-bond donors (Lipinski definition) is 1. The van der Waals surface area contributed by atoms with E-state index in [0.717, 1.165) is 24.8 Å². The fourth-order valence-corrected chi connectivity index (χ4v) is 2.53. The summed E-state index contributed by atoms with van der Waals surface area (Å²) in [4.78, 5) is 4.40. The van der Waals surface area contributed by atoms with Crippen molar-refractivity contribution in [1.29, 1.82) is 0 Å². The van der Waals surface area contributed by atoms with E-state index in [9.17, 15) is 4.39 Å². The molecule has 0 amide bonds. The predicted molar refractivity (Wildman–Crippen MR) is 69.0 cm³/mol. The van der Waals surface area contributed by atoms with Gasteiger partial charge in [0.05, 0.1) is 5.41 Å². The Hall–Kier alpha value is -1.75. The third kappa shape index (κ3) is 2.04. The van der Waals surface area contributed by atoms with Gasteiger partial charge in [-0.1, -0.05) is 11.6 Å². The molecule has 0 atom stereocenters. The second kappa shape index (κ2) is 4.42. The molecule has 1 heterocycles. The minimum atomic E-state index is -0.293. The number of nitrogens with zero attached hydrogens (tertiary/aromatic N) is 2. The number of aryl methyl sites for hydroxylation is 1. The Labute approximate surface area is 110 Å². The Morgan fingerprint density at radius 2 is 2.16 bits per heavy atom. The van der Waals surface area contributed by atoms with Crippen LogP contribution >= 0.6 is 0 Å². The number of hydrogen-bond acceptors (Lipinski definition) is 4. The summed E-state index contributed by atoms with van der Waals surface area (Å²) in [6.07, 6.45) is 3.09. The summed E-state index contributed by atoms with van der Waals surface area (Å²) < 4.78 is 18.7. The summed E-state index contributed by atoms with van der Waals surface area (Å²) in [5.74, 6) is 0.717. The molecular weight excluding hydrogens is 245 g/mol. The molecule has 1 aromatic carbocycles. The number of nitrogens with two attached hydrogens (primary N) is 1. The second-order valence-corrected chi connectivity index (χ2v) is 5.28. The zero-order chi connectivity index (χ0) is 13.5. The first-order valence-corrected chi connectivity index (χ1v) is 6.45. The Balaban J connectivity index is 1.97. The lowest BCUT2D eigenvalue weighted by molar-refractivity contribution is 0.182. The van der Waals surface area contributed by atoms with Gasteiger partial charge < -0.3 is 10.3 Å². The summed E-state index contributed by atoms with van der Waals surface area (Å²) in [5, 5.41) is 3.96. The van der Waals surface area contributed by atoms with Gasteiger partial charge in [-0.05, 0) is 43.5 Å². The van der Waals surface area contributed by atoms with E-state index in [1.807, 2.05) is 13.0 Å². The molecule has 0 aliphatic heterocycles. The average Bonchev–Trinajstić information content (AvgIpc) is 2.77. The highest BCUT2D eigenvalue weighted by atomic mass is 19.1. The van der Waals surface area contributed by atoms with E-state index in [-0.39, 0.29) is 11.2 Å². The summed E-state index contributed by atoms with van der Waals surface area (Å²) in [6, 6.07) is 4.73. The fourth-order valence-electron chi connectivity index (χ4n) is 2.53. The van der Waals surface area contributed by atoms with Gasteiger partial charge in [0.25, 0.3) is 0 Å². The van der Waals surface area contributed by atoms with Crippen LogP contribution in [-0.2, 0) is 5.41 Å². The first kappa shape index (κ1) is 12.3. The number of rotatable bonds is 3. The van der Waals surface area contributed by atoms with E-state index in [1.54, 1.807) is 0 Å². The van der Waals surface area contributed by atoms with Crippen LogP contribution in [0.15, 0.2) is 22.7 Å². The monoisotopic (exact) mass is 261 g/mol. The summed E-state index contributed by atoms with van der Waals surface area (Å²) in [5.41, 5.74) is 7.12. The Bertz CT molecular complexity index is 579. The Kier molecular flexibility index (Phi) is 2.86. The van der Waals surface area contributed by atoms with Crippen molar-refractivity contribution >= 4 is 0 Å². The first-order chi connectivity index (χ1) is 9.13. The number of benzene rings is 1. The standard InChI is InChI=1S/C14H16FN3O/c1-9-5-10(7-11(15)6-9)12-17-13(19-18-12)14(8-16)3-2-4-14/h5-7H,2-4,8,16H2,1H3. The summed E-state index contributed by atoms with van der Waals surface area (Å²) in [7, 11) is 0. The lowest BCUT2D eigenvalue weighted by Crippen LogP contribution is -2.41. The SMILES string of the molecule is Cc1cc(F)cc(-c2noc(C3(CN)CCC3)n2)c1. The van der Waals surface area contributed by atoms with E-state index in [0.29, 0.717) is 23.8 Å². The largest absolute Gasteiger partial charge is 0.338 e. The molecule has 2 N–H and O–H groups in total. The molecule has 1 aliphatic carbocycles. The van der Waals surface area contributed by atoms with Gasteiger partial charge in [0.1, 0.15) is 5.82 Å². The van der Waals surface area contributed by atoms with Gasteiger partial charge in [-0.25, -0.2) is 4.39 Å². The van der Waals surface area contributed by atoms with Crippen LogP contribution in [0.4, 0.5) is 4.39 Å². The third-order valence-electron chi connectivity index (χ3n) is 3.88. The lowest BCUT2D eigenvalue weighted by Gasteiger charge is -2.36. The first-order valence-electron chi connectivity index (χ1n) is 6.45. The molecule has 0 radical (unpaired) electrons. The Morgan fingerprint density at radius 3 is 2.74 bits per heavy atom. The normalized spacial score (nSPS) is 17.2. The molecule has 2 aromatic rings. The van der Waals surface area contributed by atoms with Gasteiger partial charge in [0.15, 0.2) is 0 Å². The molecule has 1 aromatic heterocycles. The molecule has 1 saturated carbocycles. The summed E-state index contributed by atoms with van der Waals surface area (Å²) >= 11 is 0. The van der Waals surface area contributed by atoms with Crippen molar-refractivity contribution in [2.45, 2.75) is 31.6 Å². The molecular formula is C14H16FN3O. The molecule has 1 fully saturated rings. The smallest absolute Gasteiger partial charge is 0.234 e. The van der Waals surface area contributed by atoms with E-state index in [2.05, 4.69) is 10.1 Å². The van der Waals surface area contributed by atoms with Gasteiger partial charge in [-0.15, -0.1) is 0 Å². The van der Waals surface area contributed by atoms with Gasteiger partial charge in [-0.3, -0.25) is 0 Å². The van der Waals surface area contributed by atoms with Gasteiger partial charge in [0, 0.05) is 12.1 Å². The average molecular weight is 261 g/mol. The van der Waals surface area contributed by atoms with E-state index < -0.39 is 0 Å². The van der Waals surface area contributed by atoms with Crippen LogP contribution in [-0.4, -0.2) is 16.7 Å². The topological polar surface area (TPSA) is 64.9 Å². The lowest BCUT2D eigenvalue weighted by atomic mass is 9.69.